The maximum Gasteiger partial charge on any atom is 0.306 e. The molecule has 0 radical (unpaired) electrons. The van der Waals surface area contributed by atoms with Gasteiger partial charge in [-0.3, -0.25) is 9.59 Å². The minimum atomic E-state index is -0.0781. The quantitative estimate of drug-likeness (QED) is 0.0830. The van der Waals surface area contributed by atoms with Crippen molar-refractivity contribution in [1.29, 1.82) is 0 Å². The lowest BCUT2D eigenvalue weighted by atomic mass is 9.47. The molecule has 0 aromatic rings. The second kappa shape index (κ2) is 19.8. The zero-order valence-corrected chi connectivity index (χ0v) is 43.3. The standard InChI is InChI=1S/C60H98O4/c1-39(2)15-13-17-41(5)49-25-27-51-47-23-21-43-37-45(29-33-57(43,7)53(47)31-35-59(49,51)9)63-55(61)19-11-12-20-56(62)64-46-30-34-58(8)44(38-46)22-24-48-52-28-26-50(42(6)18-14-16-40(3)4)60(52,10)36-32-54(48)58/h21-22,39-42,45-54H,11-20,23-38H2,1-10H3. The van der Waals surface area contributed by atoms with Gasteiger partial charge in [-0.05, 0) is 195 Å². The van der Waals surface area contributed by atoms with Crippen LogP contribution in [0.1, 0.15) is 236 Å². The Morgan fingerprint density at radius 2 is 0.922 bits per heavy atom. The van der Waals surface area contributed by atoms with Gasteiger partial charge in [0.2, 0.25) is 0 Å². The number of hydrogen-bond donors (Lipinski definition) is 0. The van der Waals surface area contributed by atoms with Gasteiger partial charge in [0.25, 0.3) is 0 Å². The Morgan fingerprint density at radius 1 is 0.516 bits per heavy atom. The molecule has 16 unspecified atom stereocenters. The number of esters is 2. The fraction of sp³-hybridized carbons (Fsp3) is 0.900. The van der Waals surface area contributed by atoms with Crippen molar-refractivity contribution in [2.24, 2.45) is 92.7 Å². The predicted molar refractivity (Wildman–Crippen MR) is 264 cm³/mol. The Kier molecular flexibility index (Phi) is 15.1. The summed E-state index contributed by atoms with van der Waals surface area (Å²) in [5, 5.41) is 0. The maximum absolute atomic E-state index is 13.2. The van der Waals surface area contributed by atoms with Gasteiger partial charge in [0.1, 0.15) is 12.2 Å². The van der Waals surface area contributed by atoms with Gasteiger partial charge < -0.3 is 9.47 Å². The smallest absolute Gasteiger partial charge is 0.306 e. The number of unbranched alkanes of at least 4 members (excludes halogenated alkanes) is 1. The molecule has 16 atom stereocenters. The molecule has 6 saturated carbocycles. The molecule has 8 rings (SSSR count). The van der Waals surface area contributed by atoms with Gasteiger partial charge in [0.15, 0.2) is 0 Å². The summed E-state index contributed by atoms with van der Waals surface area (Å²) < 4.78 is 12.4. The zero-order valence-electron chi connectivity index (χ0n) is 43.3. The van der Waals surface area contributed by atoms with Crippen molar-refractivity contribution >= 4 is 11.9 Å². The highest BCUT2D eigenvalue weighted by Crippen LogP contribution is 2.69. The van der Waals surface area contributed by atoms with E-state index < -0.39 is 0 Å². The lowest BCUT2D eigenvalue weighted by Crippen LogP contribution is -2.51. The number of ether oxygens (including phenoxy) is 2. The molecule has 0 amide bonds. The van der Waals surface area contributed by atoms with Crippen LogP contribution in [0.5, 0.6) is 0 Å². The van der Waals surface area contributed by atoms with Crippen LogP contribution in [0.4, 0.5) is 0 Å². The van der Waals surface area contributed by atoms with Gasteiger partial charge in [-0.15, -0.1) is 0 Å². The molecule has 64 heavy (non-hydrogen) atoms. The number of rotatable bonds is 17. The lowest BCUT2D eigenvalue weighted by Gasteiger charge is -2.58. The molecule has 8 aliphatic carbocycles. The molecule has 0 bridgehead atoms. The first-order valence-electron chi connectivity index (χ1n) is 28.2. The lowest BCUT2D eigenvalue weighted by molar-refractivity contribution is -0.153. The summed E-state index contributed by atoms with van der Waals surface area (Å²) in [6.07, 6.45) is 35.7. The van der Waals surface area contributed by atoms with E-state index in [4.69, 9.17) is 9.47 Å². The van der Waals surface area contributed by atoms with E-state index >= 15 is 0 Å². The third kappa shape index (κ3) is 9.55. The van der Waals surface area contributed by atoms with E-state index in [0.29, 0.717) is 36.5 Å². The average Bonchev–Trinajstić information content (AvgIpc) is 3.79. The summed E-state index contributed by atoms with van der Waals surface area (Å²) >= 11 is 0. The molecule has 6 fully saturated rings. The second-order valence-electron chi connectivity index (χ2n) is 26.5. The summed E-state index contributed by atoms with van der Waals surface area (Å²) in [6.45, 7) is 25.2. The van der Waals surface area contributed by atoms with Crippen LogP contribution in [0, 0.1) is 92.7 Å². The maximum atomic E-state index is 13.2. The highest BCUT2D eigenvalue weighted by atomic mass is 16.5. The molecule has 0 saturated heterocycles. The minimum absolute atomic E-state index is 0.00687. The van der Waals surface area contributed by atoms with Crippen LogP contribution in [0.2, 0.25) is 0 Å². The van der Waals surface area contributed by atoms with Crippen LogP contribution in [-0.2, 0) is 19.1 Å². The molecule has 0 spiro atoms. The molecule has 0 aromatic carbocycles. The molecule has 8 aliphatic rings. The third-order valence-corrected chi connectivity index (χ3v) is 22.1. The highest BCUT2D eigenvalue weighted by molar-refractivity contribution is 5.71. The number of carbonyl (C=O) groups is 2. The second-order valence-corrected chi connectivity index (χ2v) is 26.5. The average molecular weight is 883 g/mol. The molecular weight excluding hydrogens is 785 g/mol. The summed E-state index contributed by atoms with van der Waals surface area (Å²) in [7, 11) is 0. The Hall–Kier alpha value is -1.58. The van der Waals surface area contributed by atoms with Crippen molar-refractivity contribution in [3.63, 3.8) is 0 Å². The highest BCUT2D eigenvalue weighted by Gasteiger charge is 2.61. The van der Waals surface area contributed by atoms with Gasteiger partial charge in [-0.25, -0.2) is 0 Å². The van der Waals surface area contributed by atoms with Crippen molar-refractivity contribution in [1.82, 2.24) is 0 Å². The Balaban J connectivity index is 0.749. The predicted octanol–water partition coefficient (Wildman–Crippen LogP) is 16.5. The van der Waals surface area contributed by atoms with Crippen LogP contribution in [0.15, 0.2) is 23.3 Å². The first-order chi connectivity index (χ1) is 30.5. The van der Waals surface area contributed by atoms with Crippen molar-refractivity contribution < 1.29 is 19.1 Å². The minimum Gasteiger partial charge on any atom is -0.462 e. The van der Waals surface area contributed by atoms with E-state index in [1.807, 2.05) is 0 Å². The Morgan fingerprint density at radius 3 is 1.31 bits per heavy atom. The SMILES string of the molecule is CC(C)CCCC(C)C1CCC2C3CC=C4CC(OC(=O)CCCCC(=O)OC5CCC6(C)C(=CCC7C6CCC6(C)C(C(C)CCCC(C)C)CCC76)C5)CCC4(C)C3CCC12C. The Bertz CT molecular complexity index is 1570. The van der Waals surface area contributed by atoms with Crippen molar-refractivity contribution in [3.8, 4) is 0 Å². The van der Waals surface area contributed by atoms with E-state index in [2.05, 4.69) is 81.4 Å². The summed E-state index contributed by atoms with van der Waals surface area (Å²) in [5.74, 6) is 9.95. The number of allylic oxidation sites excluding steroid dienone is 2. The van der Waals surface area contributed by atoms with Gasteiger partial charge in [-0.1, -0.05) is 131 Å². The van der Waals surface area contributed by atoms with Gasteiger partial charge >= 0.3 is 11.9 Å². The summed E-state index contributed by atoms with van der Waals surface area (Å²) in [5.41, 5.74) is 4.75. The molecule has 0 N–H and O–H groups in total. The summed E-state index contributed by atoms with van der Waals surface area (Å²) in [4.78, 5) is 26.3. The Labute approximate surface area is 393 Å². The number of fused-ring (bicyclic) bond motifs is 10. The van der Waals surface area contributed by atoms with Crippen molar-refractivity contribution in [3.05, 3.63) is 23.3 Å². The van der Waals surface area contributed by atoms with Crippen LogP contribution in [0.25, 0.3) is 0 Å². The van der Waals surface area contributed by atoms with Gasteiger partial charge in [0, 0.05) is 25.7 Å². The van der Waals surface area contributed by atoms with E-state index in [9.17, 15) is 9.59 Å². The molecule has 0 aliphatic heterocycles. The first-order valence-corrected chi connectivity index (χ1v) is 28.2. The topological polar surface area (TPSA) is 52.6 Å². The fourth-order valence-electron chi connectivity index (χ4n) is 18.5. The van der Waals surface area contributed by atoms with Crippen molar-refractivity contribution in [2.75, 3.05) is 0 Å². The molecule has 0 aromatic heterocycles. The van der Waals surface area contributed by atoms with Crippen molar-refractivity contribution in [2.45, 2.75) is 248 Å². The fourth-order valence-corrected chi connectivity index (χ4v) is 18.5. The first kappa shape index (κ1) is 48.9. The van der Waals surface area contributed by atoms with E-state index in [-0.39, 0.29) is 35.0 Å². The van der Waals surface area contributed by atoms with E-state index in [1.165, 1.54) is 103 Å². The molecular formula is C60H98O4. The molecule has 4 heteroatoms. The number of hydrogen-bond acceptors (Lipinski definition) is 4. The normalized spacial score (nSPS) is 42.2. The van der Waals surface area contributed by atoms with E-state index in [0.717, 1.165) is 110 Å². The molecule has 362 valence electrons. The number of carbonyl (C=O) groups excluding carboxylic acids is 2. The van der Waals surface area contributed by atoms with Crippen LogP contribution < -0.4 is 0 Å². The largest absolute Gasteiger partial charge is 0.462 e. The monoisotopic (exact) mass is 883 g/mol. The van der Waals surface area contributed by atoms with Gasteiger partial charge in [0.05, 0.1) is 0 Å². The van der Waals surface area contributed by atoms with Crippen LogP contribution >= 0.6 is 0 Å². The zero-order chi connectivity index (χ0) is 45.6. The third-order valence-electron chi connectivity index (χ3n) is 22.1. The van der Waals surface area contributed by atoms with Gasteiger partial charge in [-0.2, -0.15) is 0 Å². The molecule has 0 heterocycles. The summed E-state index contributed by atoms with van der Waals surface area (Å²) in [6, 6.07) is 0. The van der Waals surface area contributed by atoms with E-state index in [1.54, 1.807) is 11.1 Å². The molecule has 4 nitrogen and oxygen atoms in total. The van der Waals surface area contributed by atoms with Crippen LogP contribution in [0.3, 0.4) is 0 Å². The van der Waals surface area contributed by atoms with Crippen LogP contribution in [-0.4, -0.2) is 24.1 Å².